The number of anilines is 1. The van der Waals surface area contributed by atoms with Crippen molar-refractivity contribution >= 4 is 15.8 Å². The van der Waals surface area contributed by atoms with Crippen LogP contribution in [-0.4, -0.2) is 32.2 Å². The van der Waals surface area contributed by atoms with Crippen LogP contribution in [-0.2, 0) is 10.0 Å². The summed E-state index contributed by atoms with van der Waals surface area (Å²) < 4.78 is 26.5. The largest absolute Gasteiger partial charge is 0.316 e. The van der Waals surface area contributed by atoms with E-state index in [4.69, 9.17) is 0 Å². The Morgan fingerprint density at radius 3 is 3.00 bits per heavy atom. The highest BCUT2D eigenvalue weighted by Gasteiger charge is 2.21. The number of hydrogen-bond acceptors (Lipinski definition) is 4. The molecular weight excluding hydrogens is 250 g/mol. The van der Waals surface area contributed by atoms with Gasteiger partial charge in [-0.15, -0.1) is 0 Å². The standard InChI is InChI=1S/C12H19N3O2S/c1-10-4-2-6-12(14-10)15-18(16,17)9-11-5-3-7-13-8-11/h2,4,6,11,13H,3,5,7-9H2,1H3,(H,14,15). The van der Waals surface area contributed by atoms with Crippen LogP contribution in [0.2, 0.25) is 0 Å². The molecular formula is C12H19N3O2S. The number of piperidine rings is 1. The maximum atomic E-state index is 12.0. The van der Waals surface area contributed by atoms with E-state index < -0.39 is 10.0 Å². The molecule has 0 bridgehead atoms. The molecule has 6 heteroatoms. The minimum Gasteiger partial charge on any atom is -0.316 e. The topological polar surface area (TPSA) is 71.1 Å². The van der Waals surface area contributed by atoms with Crippen LogP contribution >= 0.6 is 0 Å². The van der Waals surface area contributed by atoms with Gasteiger partial charge in [-0.3, -0.25) is 4.72 Å². The van der Waals surface area contributed by atoms with E-state index in [0.29, 0.717) is 5.82 Å². The SMILES string of the molecule is Cc1cccc(NS(=O)(=O)CC2CCCNC2)n1. The number of sulfonamides is 1. The summed E-state index contributed by atoms with van der Waals surface area (Å²) in [6.45, 7) is 3.61. The Bertz CT molecular complexity index is 496. The van der Waals surface area contributed by atoms with Gasteiger partial charge >= 0.3 is 0 Å². The van der Waals surface area contributed by atoms with Crippen molar-refractivity contribution in [3.63, 3.8) is 0 Å². The second kappa shape index (κ2) is 5.67. The molecule has 100 valence electrons. The van der Waals surface area contributed by atoms with Gasteiger partial charge in [0.25, 0.3) is 0 Å². The van der Waals surface area contributed by atoms with Crippen molar-refractivity contribution in [3.8, 4) is 0 Å². The molecule has 1 aromatic heterocycles. The molecule has 1 saturated heterocycles. The van der Waals surface area contributed by atoms with Gasteiger partial charge in [-0.1, -0.05) is 6.07 Å². The first-order valence-electron chi connectivity index (χ1n) is 6.20. The molecule has 1 aliphatic rings. The van der Waals surface area contributed by atoms with Gasteiger partial charge in [-0.05, 0) is 50.9 Å². The van der Waals surface area contributed by atoms with E-state index in [-0.39, 0.29) is 11.7 Å². The van der Waals surface area contributed by atoms with Gasteiger partial charge in [0.1, 0.15) is 5.82 Å². The minimum absolute atomic E-state index is 0.162. The summed E-state index contributed by atoms with van der Waals surface area (Å²) in [7, 11) is -3.30. The third kappa shape index (κ3) is 3.96. The van der Waals surface area contributed by atoms with E-state index in [1.54, 1.807) is 12.1 Å². The van der Waals surface area contributed by atoms with Crippen LogP contribution in [0.1, 0.15) is 18.5 Å². The van der Waals surface area contributed by atoms with Gasteiger partial charge in [-0.25, -0.2) is 13.4 Å². The van der Waals surface area contributed by atoms with Crippen molar-refractivity contribution in [3.05, 3.63) is 23.9 Å². The Balaban J connectivity index is 1.98. The molecule has 2 rings (SSSR count). The van der Waals surface area contributed by atoms with Crippen molar-refractivity contribution in [1.29, 1.82) is 0 Å². The van der Waals surface area contributed by atoms with Crippen LogP contribution in [0.15, 0.2) is 18.2 Å². The lowest BCUT2D eigenvalue weighted by Gasteiger charge is -2.22. The zero-order valence-corrected chi connectivity index (χ0v) is 11.3. The lowest BCUT2D eigenvalue weighted by Crippen LogP contribution is -2.35. The second-order valence-electron chi connectivity index (χ2n) is 4.76. The predicted octanol–water partition coefficient (Wildman–Crippen LogP) is 1.13. The van der Waals surface area contributed by atoms with E-state index in [1.165, 1.54) is 0 Å². The third-order valence-corrected chi connectivity index (χ3v) is 4.43. The molecule has 0 saturated carbocycles. The fourth-order valence-electron chi connectivity index (χ4n) is 2.18. The Morgan fingerprint density at radius 2 is 2.33 bits per heavy atom. The fraction of sp³-hybridized carbons (Fsp3) is 0.583. The van der Waals surface area contributed by atoms with Gasteiger partial charge in [0.2, 0.25) is 10.0 Å². The highest BCUT2D eigenvalue weighted by atomic mass is 32.2. The van der Waals surface area contributed by atoms with Crippen LogP contribution < -0.4 is 10.0 Å². The first-order valence-corrected chi connectivity index (χ1v) is 7.85. The smallest absolute Gasteiger partial charge is 0.234 e. The number of nitrogens with one attached hydrogen (secondary N) is 2. The third-order valence-electron chi connectivity index (χ3n) is 3.00. The van der Waals surface area contributed by atoms with Crippen molar-refractivity contribution in [2.24, 2.45) is 5.92 Å². The monoisotopic (exact) mass is 269 g/mol. The summed E-state index contributed by atoms with van der Waals surface area (Å²) in [6.07, 6.45) is 2.01. The van der Waals surface area contributed by atoms with E-state index in [2.05, 4.69) is 15.0 Å². The molecule has 2 N–H and O–H groups in total. The average molecular weight is 269 g/mol. The zero-order valence-electron chi connectivity index (χ0n) is 10.5. The molecule has 1 unspecified atom stereocenters. The van der Waals surface area contributed by atoms with Gasteiger partial charge < -0.3 is 5.32 Å². The molecule has 1 aliphatic heterocycles. The summed E-state index contributed by atoms with van der Waals surface area (Å²) in [5.41, 5.74) is 0.800. The molecule has 0 radical (unpaired) electrons. The molecule has 1 aromatic rings. The first kappa shape index (κ1) is 13.3. The fourth-order valence-corrected chi connectivity index (χ4v) is 3.60. The maximum absolute atomic E-state index is 12.0. The van der Waals surface area contributed by atoms with Crippen LogP contribution in [0, 0.1) is 12.8 Å². The number of pyridine rings is 1. The second-order valence-corrected chi connectivity index (χ2v) is 6.53. The van der Waals surface area contributed by atoms with E-state index >= 15 is 0 Å². The zero-order chi connectivity index (χ0) is 13.0. The van der Waals surface area contributed by atoms with Gasteiger partial charge in [0.15, 0.2) is 0 Å². The molecule has 5 nitrogen and oxygen atoms in total. The maximum Gasteiger partial charge on any atom is 0.234 e. The average Bonchev–Trinajstić information content (AvgIpc) is 2.28. The molecule has 0 spiro atoms. The van der Waals surface area contributed by atoms with Crippen LogP contribution in [0.4, 0.5) is 5.82 Å². The summed E-state index contributed by atoms with van der Waals surface area (Å²) in [5.74, 6) is 0.759. The van der Waals surface area contributed by atoms with Crippen molar-refractivity contribution in [2.75, 3.05) is 23.6 Å². The molecule has 0 aromatic carbocycles. The normalized spacial score (nSPS) is 20.6. The molecule has 0 aliphatic carbocycles. The Morgan fingerprint density at radius 1 is 1.50 bits per heavy atom. The molecule has 18 heavy (non-hydrogen) atoms. The number of aromatic nitrogens is 1. The summed E-state index contributed by atoms with van der Waals surface area (Å²) >= 11 is 0. The number of hydrogen-bond donors (Lipinski definition) is 2. The van der Waals surface area contributed by atoms with E-state index in [9.17, 15) is 8.42 Å². The Hall–Kier alpha value is -1.14. The van der Waals surface area contributed by atoms with Crippen molar-refractivity contribution < 1.29 is 8.42 Å². The highest BCUT2D eigenvalue weighted by Crippen LogP contribution is 2.14. The Labute approximate surface area is 108 Å². The van der Waals surface area contributed by atoms with Gasteiger partial charge in [-0.2, -0.15) is 0 Å². The number of rotatable bonds is 4. The van der Waals surface area contributed by atoms with Crippen LogP contribution in [0.5, 0.6) is 0 Å². The van der Waals surface area contributed by atoms with Crippen LogP contribution in [0.25, 0.3) is 0 Å². The number of aryl methyl sites for hydroxylation is 1. The number of nitrogens with zero attached hydrogens (tertiary/aromatic N) is 1. The lowest BCUT2D eigenvalue weighted by atomic mass is 10.0. The van der Waals surface area contributed by atoms with Gasteiger partial charge in [0.05, 0.1) is 5.75 Å². The highest BCUT2D eigenvalue weighted by molar-refractivity contribution is 7.92. The quantitative estimate of drug-likeness (QED) is 0.859. The summed E-state index contributed by atoms with van der Waals surface area (Å²) in [4.78, 5) is 4.15. The summed E-state index contributed by atoms with van der Waals surface area (Å²) in [6, 6.07) is 5.30. The molecule has 1 fully saturated rings. The van der Waals surface area contributed by atoms with Crippen LogP contribution in [0.3, 0.4) is 0 Å². The molecule has 0 amide bonds. The molecule has 2 heterocycles. The predicted molar refractivity (Wildman–Crippen MR) is 72.0 cm³/mol. The van der Waals surface area contributed by atoms with E-state index in [0.717, 1.165) is 31.6 Å². The minimum atomic E-state index is -3.30. The molecule has 1 atom stereocenters. The lowest BCUT2D eigenvalue weighted by molar-refractivity contribution is 0.404. The van der Waals surface area contributed by atoms with E-state index in [1.807, 2.05) is 13.0 Å². The Kier molecular flexibility index (Phi) is 4.19. The van der Waals surface area contributed by atoms with Crippen molar-refractivity contribution in [2.45, 2.75) is 19.8 Å². The van der Waals surface area contributed by atoms with Crippen molar-refractivity contribution in [1.82, 2.24) is 10.3 Å². The first-order chi connectivity index (χ1) is 8.55. The van der Waals surface area contributed by atoms with Gasteiger partial charge in [0, 0.05) is 5.69 Å². The summed E-state index contributed by atoms with van der Waals surface area (Å²) in [5, 5.41) is 3.22.